The van der Waals surface area contributed by atoms with Gasteiger partial charge in [-0.05, 0) is 62.4 Å². The molecule has 0 bridgehead atoms. The van der Waals surface area contributed by atoms with Gasteiger partial charge < -0.3 is 5.32 Å². The minimum absolute atomic E-state index is 0.302. The SMILES string of the molecule is Cc1ccc(CC(=O)CCC2CCCNC2)c(Cl)c1. The normalized spacial score (nSPS) is 19.4. The predicted octanol–water partition coefficient (Wildman–Crippen LogP) is 3.54. The molecule has 19 heavy (non-hydrogen) atoms. The zero-order valence-electron chi connectivity index (χ0n) is 11.5. The van der Waals surface area contributed by atoms with Crippen molar-refractivity contribution in [1.29, 1.82) is 0 Å². The van der Waals surface area contributed by atoms with E-state index in [1.165, 1.54) is 12.8 Å². The molecule has 1 aliphatic rings. The molecule has 1 atom stereocenters. The van der Waals surface area contributed by atoms with Crippen LogP contribution in [0.5, 0.6) is 0 Å². The monoisotopic (exact) mass is 279 g/mol. The van der Waals surface area contributed by atoms with Crippen LogP contribution < -0.4 is 5.32 Å². The molecule has 1 N–H and O–H groups in total. The molecule has 0 radical (unpaired) electrons. The van der Waals surface area contributed by atoms with Gasteiger partial charge in [-0.15, -0.1) is 0 Å². The first kappa shape index (κ1) is 14.5. The van der Waals surface area contributed by atoms with Crippen LogP contribution in [0.2, 0.25) is 5.02 Å². The van der Waals surface area contributed by atoms with Gasteiger partial charge in [-0.1, -0.05) is 23.7 Å². The number of halogens is 1. The van der Waals surface area contributed by atoms with Crippen molar-refractivity contribution in [2.75, 3.05) is 13.1 Å². The highest BCUT2D eigenvalue weighted by molar-refractivity contribution is 6.31. The molecule has 1 unspecified atom stereocenters. The Morgan fingerprint density at radius 2 is 2.32 bits per heavy atom. The first-order valence-corrected chi connectivity index (χ1v) is 7.50. The Hall–Kier alpha value is -0.860. The van der Waals surface area contributed by atoms with E-state index in [4.69, 9.17) is 11.6 Å². The van der Waals surface area contributed by atoms with Gasteiger partial charge >= 0.3 is 0 Å². The van der Waals surface area contributed by atoms with Gasteiger partial charge in [0.2, 0.25) is 0 Å². The zero-order chi connectivity index (χ0) is 13.7. The third kappa shape index (κ3) is 4.63. The summed E-state index contributed by atoms with van der Waals surface area (Å²) in [4.78, 5) is 12.0. The van der Waals surface area contributed by atoms with Gasteiger partial charge in [0.25, 0.3) is 0 Å². The molecule has 0 aromatic heterocycles. The molecule has 104 valence electrons. The molecule has 2 rings (SSSR count). The molecular formula is C16H22ClNO. The third-order valence-electron chi connectivity index (χ3n) is 3.83. The Labute approximate surface area is 120 Å². The van der Waals surface area contributed by atoms with E-state index < -0.39 is 0 Å². The van der Waals surface area contributed by atoms with Crippen molar-refractivity contribution < 1.29 is 4.79 Å². The van der Waals surface area contributed by atoms with Gasteiger partial charge in [0.05, 0.1) is 0 Å². The summed E-state index contributed by atoms with van der Waals surface area (Å²) in [7, 11) is 0. The maximum Gasteiger partial charge on any atom is 0.137 e. The van der Waals surface area contributed by atoms with Crippen molar-refractivity contribution in [2.24, 2.45) is 5.92 Å². The van der Waals surface area contributed by atoms with Gasteiger partial charge in [0.15, 0.2) is 0 Å². The van der Waals surface area contributed by atoms with Crippen LogP contribution in [0.4, 0.5) is 0 Å². The van der Waals surface area contributed by atoms with Crippen LogP contribution in [0.15, 0.2) is 18.2 Å². The number of hydrogen-bond acceptors (Lipinski definition) is 2. The molecular weight excluding hydrogens is 258 g/mol. The molecule has 1 heterocycles. The Morgan fingerprint density at radius 3 is 3.00 bits per heavy atom. The summed E-state index contributed by atoms with van der Waals surface area (Å²) < 4.78 is 0. The van der Waals surface area contributed by atoms with Gasteiger partial charge in [-0.3, -0.25) is 4.79 Å². The summed E-state index contributed by atoms with van der Waals surface area (Å²) in [5.74, 6) is 0.975. The number of benzene rings is 1. The summed E-state index contributed by atoms with van der Waals surface area (Å²) in [5.41, 5.74) is 2.09. The van der Waals surface area contributed by atoms with Gasteiger partial charge in [0, 0.05) is 17.9 Å². The lowest BCUT2D eigenvalue weighted by Crippen LogP contribution is -2.30. The van der Waals surface area contributed by atoms with E-state index in [0.717, 1.165) is 30.6 Å². The number of ketones is 1. The average molecular weight is 280 g/mol. The largest absolute Gasteiger partial charge is 0.316 e. The highest BCUT2D eigenvalue weighted by Crippen LogP contribution is 2.20. The number of nitrogens with one attached hydrogen (secondary N) is 1. The van der Waals surface area contributed by atoms with E-state index in [0.29, 0.717) is 29.6 Å². The molecule has 1 saturated heterocycles. The first-order valence-electron chi connectivity index (χ1n) is 7.12. The highest BCUT2D eigenvalue weighted by atomic mass is 35.5. The maximum absolute atomic E-state index is 12.0. The second-order valence-electron chi connectivity index (χ2n) is 5.56. The van der Waals surface area contributed by atoms with Gasteiger partial charge in [-0.2, -0.15) is 0 Å². The molecule has 1 fully saturated rings. The fraction of sp³-hybridized carbons (Fsp3) is 0.562. The standard InChI is InChI=1S/C16H22ClNO/c1-12-4-6-14(16(17)9-12)10-15(19)7-5-13-3-2-8-18-11-13/h4,6,9,13,18H,2-3,5,7-8,10-11H2,1H3. The quantitative estimate of drug-likeness (QED) is 0.893. The van der Waals surface area contributed by atoms with Crippen molar-refractivity contribution in [2.45, 2.75) is 39.0 Å². The summed E-state index contributed by atoms with van der Waals surface area (Å²) in [6.07, 6.45) is 4.65. The average Bonchev–Trinajstić information content (AvgIpc) is 2.41. The second kappa shape index (κ2) is 7.06. The smallest absolute Gasteiger partial charge is 0.137 e. The van der Waals surface area contributed by atoms with Crippen molar-refractivity contribution in [3.8, 4) is 0 Å². The summed E-state index contributed by atoms with van der Waals surface area (Å²) in [6, 6.07) is 5.91. The second-order valence-corrected chi connectivity index (χ2v) is 5.97. The number of carbonyl (C=O) groups excluding carboxylic acids is 1. The van der Waals surface area contributed by atoms with Crippen molar-refractivity contribution in [3.05, 3.63) is 34.3 Å². The third-order valence-corrected chi connectivity index (χ3v) is 4.18. The fourth-order valence-corrected chi connectivity index (χ4v) is 2.93. The molecule has 1 aromatic rings. The summed E-state index contributed by atoms with van der Waals surface area (Å²) >= 11 is 6.16. The van der Waals surface area contributed by atoms with E-state index in [9.17, 15) is 4.79 Å². The number of aryl methyl sites for hydroxylation is 1. The van der Waals surface area contributed by atoms with Crippen molar-refractivity contribution in [3.63, 3.8) is 0 Å². The van der Waals surface area contributed by atoms with Crippen molar-refractivity contribution in [1.82, 2.24) is 5.32 Å². The van der Waals surface area contributed by atoms with Crippen LogP contribution in [0.3, 0.4) is 0 Å². The Morgan fingerprint density at radius 1 is 1.47 bits per heavy atom. The zero-order valence-corrected chi connectivity index (χ0v) is 12.3. The number of hydrogen-bond donors (Lipinski definition) is 1. The van der Waals surface area contributed by atoms with Crippen LogP contribution in [0, 0.1) is 12.8 Å². The Kier molecular flexibility index (Phi) is 5.41. The van der Waals surface area contributed by atoms with Crippen LogP contribution in [0.25, 0.3) is 0 Å². The topological polar surface area (TPSA) is 29.1 Å². The van der Waals surface area contributed by atoms with Crippen LogP contribution in [-0.4, -0.2) is 18.9 Å². The van der Waals surface area contributed by atoms with Crippen LogP contribution in [-0.2, 0) is 11.2 Å². The minimum Gasteiger partial charge on any atom is -0.316 e. The predicted molar refractivity (Wildman–Crippen MR) is 79.7 cm³/mol. The van der Waals surface area contributed by atoms with Crippen LogP contribution in [0.1, 0.15) is 36.8 Å². The molecule has 0 saturated carbocycles. The van der Waals surface area contributed by atoms with Crippen LogP contribution >= 0.6 is 11.6 Å². The van der Waals surface area contributed by atoms with E-state index in [1.54, 1.807) is 0 Å². The van der Waals surface area contributed by atoms with Crippen molar-refractivity contribution >= 4 is 17.4 Å². The summed E-state index contributed by atoms with van der Waals surface area (Å²) in [5, 5.41) is 4.11. The molecule has 1 aliphatic heterocycles. The van der Waals surface area contributed by atoms with E-state index in [-0.39, 0.29) is 0 Å². The van der Waals surface area contributed by atoms with Gasteiger partial charge in [-0.25, -0.2) is 0 Å². The molecule has 2 nitrogen and oxygen atoms in total. The van der Waals surface area contributed by atoms with E-state index in [1.807, 2.05) is 25.1 Å². The van der Waals surface area contributed by atoms with Gasteiger partial charge in [0.1, 0.15) is 5.78 Å². The Bertz CT molecular complexity index is 438. The molecule has 1 aromatic carbocycles. The van der Waals surface area contributed by atoms with E-state index in [2.05, 4.69) is 5.32 Å². The molecule has 0 amide bonds. The lowest BCUT2D eigenvalue weighted by Gasteiger charge is -2.22. The number of carbonyl (C=O) groups is 1. The lowest BCUT2D eigenvalue weighted by molar-refractivity contribution is -0.118. The first-order chi connectivity index (χ1) is 9.15. The Balaban J connectivity index is 1.80. The van der Waals surface area contributed by atoms with E-state index >= 15 is 0 Å². The summed E-state index contributed by atoms with van der Waals surface area (Å²) in [6.45, 7) is 4.20. The number of Topliss-reactive ketones (excluding diaryl/α,β-unsaturated/α-hetero) is 1. The maximum atomic E-state index is 12.0. The number of rotatable bonds is 5. The molecule has 0 spiro atoms. The molecule has 0 aliphatic carbocycles. The minimum atomic E-state index is 0.302. The fourth-order valence-electron chi connectivity index (χ4n) is 2.63. The highest BCUT2D eigenvalue weighted by Gasteiger charge is 2.15. The lowest BCUT2D eigenvalue weighted by atomic mass is 9.92. The molecule has 3 heteroatoms. The number of piperidine rings is 1.